The van der Waals surface area contributed by atoms with Gasteiger partial charge in [0.2, 0.25) is 0 Å². The predicted octanol–water partition coefficient (Wildman–Crippen LogP) is 3.85. The van der Waals surface area contributed by atoms with Gasteiger partial charge in [0.15, 0.2) is 0 Å². The fourth-order valence-corrected chi connectivity index (χ4v) is 2.85. The number of fused-ring (bicyclic) bond motifs is 1. The summed E-state index contributed by atoms with van der Waals surface area (Å²) < 4.78 is 0. The molecule has 3 heteroatoms. The number of hydrogen-bond acceptors (Lipinski definition) is 3. The van der Waals surface area contributed by atoms with Crippen molar-refractivity contribution in [2.24, 2.45) is 0 Å². The van der Waals surface area contributed by atoms with Gasteiger partial charge < -0.3 is 5.32 Å². The van der Waals surface area contributed by atoms with Crippen molar-refractivity contribution < 1.29 is 0 Å². The van der Waals surface area contributed by atoms with Crippen LogP contribution in [0.2, 0.25) is 0 Å². The van der Waals surface area contributed by atoms with Crippen LogP contribution in [0, 0.1) is 6.92 Å². The minimum atomic E-state index is 1.06. The molecule has 0 fully saturated rings. The Balaban J connectivity index is 1.70. The van der Waals surface area contributed by atoms with Gasteiger partial charge in [-0.05, 0) is 66.4 Å². The van der Waals surface area contributed by atoms with E-state index >= 15 is 0 Å². The van der Waals surface area contributed by atoms with E-state index in [1.54, 1.807) is 0 Å². The molecule has 0 aliphatic carbocycles. The maximum atomic E-state index is 4.16. The predicted molar refractivity (Wildman–Crippen MR) is 92.7 cm³/mol. The van der Waals surface area contributed by atoms with Crippen molar-refractivity contribution in [3.63, 3.8) is 0 Å². The Morgan fingerprint density at radius 3 is 3.00 bits per heavy atom. The lowest BCUT2D eigenvalue weighted by molar-refractivity contribution is 0.268. The monoisotopic (exact) mass is 293 g/mol. The Morgan fingerprint density at radius 2 is 2.18 bits per heavy atom. The number of pyridine rings is 1. The second-order valence-corrected chi connectivity index (χ2v) is 5.81. The van der Waals surface area contributed by atoms with E-state index in [2.05, 4.69) is 53.3 Å². The summed E-state index contributed by atoms with van der Waals surface area (Å²) in [6.45, 7) is 7.69. The number of aryl methyl sites for hydroxylation is 1. The molecule has 22 heavy (non-hydrogen) atoms. The van der Waals surface area contributed by atoms with Gasteiger partial charge in [-0.1, -0.05) is 13.0 Å². The lowest BCUT2D eigenvalue weighted by Crippen LogP contribution is -2.30. The fourth-order valence-electron chi connectivity index (χ4n) is 2.85. The Labute approximate surface area is 132 Å². The number of benzene rings is 1. The first-order valence-corrected chi connectivity index (χ1v) is 7.94. The van der Waals surface area contributed by atoms with E-state index in [1.165, 1.54) is 23.2 Å². The number of anilines is 1. The molecule has 0 spiro atoms. The van der Waals surface area contributed by atoms with Gasteiger partial charge in [0.25, 0.3) is 0 Å². The molecule has 0 saturated carbocycles. The quantitative estimate of drug-likeness (QED) is 0.928. The average molecular weight is 293 g/mol. The van der Waals surface area contributed by atoms with Gasteiger partial charge in [-0.3, -0.25) is 9.88 Å². The van der Waals surface area contributed by atoms with Crippen molar-refractivity contribution in [3.8, 4) is 0 Å². The number of hydrogen-bond donors (Lipinski definition) is 1. The molecule has 2 heterocycles. The lowest BCUT2D eigenvalue weighted by atomic mass is 9.99. The third-order valence-corrected chi connectivity index (χ3v) is 4.34. The van der Waals surface area contributed by atoms with Gasteiger partial charge in [0.05, 0.1) is 0 Å². The highest BCUT2D eigenvalue weighted by Gasteiger charge is 2.14. The molecule has 3 nitrogen and oxygen atoms in total. The van der Waals surface area contributed by atoms with Crippen LogP contribution < -0.4 is 5.32 Å². The molecule has 1 aromatic carbocycles. The van der Waals surface area contributed by atoms with Crippen molar-refractivity contribution in [2.45, 2.75) is 26.8 Å². The molecule has 0 bridgehead atoms. The molecule has 1 aliphatic heterocycles. The Kier molecular flexibility index (Phi) is 4.54. The van der Waals surface area contributed by atoms with E-state index in [1.807, 2.05) is 24.7 Å². The van der Waals surface area contributed by atoms with Crippen molar-refractivity contribution in [2.75, 3.05) is 18.4 Å². The summed E-state index contributed by atoms with van der Waals surface area (Å²) in [5.74, 6) is 0. The first-order chi connectivity index (χ1) is 10.8. The lowest BCUT2D eigenvalue weighted by Gasteiger charge is -2.27. The van der Waals surface area contributed by atoms with Crippen molar-refractivity contribution in [3.05, 3.63) is 65.1 Å². The standard InChI is InChI=1S/C19H23N3/c1-3-22-11-8-16-4-5-19(12-18(16)14-22)21-10-7-17-13-20-9-6-15(17)2/h4-7,9-10,12-13,21H,3,8,11,14H2,1-2H3/b10-7+. The van der Waals surface area contributed by atoms with Gasteiger partial charge in [0, 0.05) is 37.4 Å². The molecule has 0 radical (unpaired) electrons. The van der Waals surface area contributed by atoms with Crippen LogP contribution in [0.15, 0.2) is 42.9 Å². The zero-order valence-corrected chi connectivity index (χ0v) is 13.3. The van der Waals surface area contributed by atoms with E-state index in [0.717, 1.165) is 30.8 Å². The normalized spacial score (nSPS) is 15.0. The molecule has 1 aromatic heterocycles. The highest BCUT2D eigenvalue weighted by atomic mass is 15.1. The zero-order valence-electron chi connectivity index (χ0n) is 13.3. The molecule has 2 aromatic rings. The first-order valence-electron chi connectivity index (χ1n) is 7.94. The van der Waals surface area contributed by atoms with Gasteiger partial charge in [0.1, 0.15) is 0 Å². The maximum absolute atomic E-state index is 4.16. The van der Waals surface area contributed by atoms with E-state index in [0.29, 0.717) is 0 Å². The van der Waals surface area contributed by atoms with Crippen molar-refractivity contribution in [1.29, 1.82) is 0 Å². The van der Waals surface area contributed by atoms with Crippen molar-refractivity contribution >= 4 is 11.8 Å². The molecular weight excluding hydrogens is 270 g/mol. The summed E-state index contributed by atoms with van der Waals surface area (Å²) in [7, 11) is 0. The molecule has 114 valence electrons. The number of nitrogens with one attached hydrogen (secondary N) is 1. The number of nitrogens with zero attached hydrogens (tertiary/aromatic N) is 2. The van der Waals surface area contributed by atoms with Gasteiger partial charge in [-0.25, -0.2) is 0 Å². The molecule has 0 amide bonds. The van der Waals surface area contributed by atoms with Crippen LogP contribution in [0.25, 0.3) is 6.08 Å². The maximum Gasteiger partial charge on any atom is 0.0383 e. The third kappa shape index (κ3) is 3.37. The summed E-state index contributed by atoms with van der Waals surface area (Å²) in [6.07, 6.45) is 8.93. The SMILES string of the molecule is CCN1CCc2ccc(N/C=C/c3cnccc3C)cc2C1. The van der Waals surface area contributed by atoms with Crippen LogP contribution in [0.3, 0.4) is 0 Å². The molecule has 3 rings (SSSR count). The van der Waals surface area contributed by atoms with Crippen molar-refractivity contribution in [1.82, 2.24) is 9.88 Å². The minimum Gasteiger partial charge on any atom is -0.362 e. The summed E-state index contributed by atoms with van der Waals surface area (Å²) in [4.78, 5) is 6.65. The summed E-state index contributed by atoms with van der Waals surface area (Å²) in [6, 6.07) is 8.73. The second-order valence-electron chi connectivity index (χ2n) is 5.81. The summed E-state index contributed by atoms with van der Waals surface area (Å²) in [5.41, 5.74) is 6.46. The molecule has 1 N–H and O–H groups in total. The highest BCUT2D eigenvalue weighted by molar-refractivity contribution is 5.58. The van der Waals surface area contributed by atoms with Crippen LogP contribution in [-0.2, 0) is 13.0 Å². The largest absolute Gasteiger partial charge is 0.362 e. The topological polar surface area (TPSA) is 28.2 Å². The van der Waals surface area contributed by atoms with Crippen LogP contribution in [0.5, 0.6) is 0 Å². The van der Waals surface area contributed by atoms with E-state index in [4.69, 9.17) is 0 Å². The van der Waals surface area contributed by atoms with Crippen LogP contribution >= 0.6 is 0 Å². The van der Waals surface area contributed by atoms with E-state index in [9.17, 15) is 0 Å². The number of aromatic nitrogens is 1. The highest BCUT2D eigenvalue weighted by Crippen LogP contribution is 2.22. The van der Waals surface area contributed by atoms with Crippen LogP contribution in [0.1, 0.15) is 29.2 Å². The van der Waals surface area contributed by atoms with Gasteiger partial charge in [-0.2, -0.15) is 0 Å². The first kappa shape index (κ1) is 14.8. The minimum absolute atomic E-state index is 1.06. The molecule has 0 atom stereocenters. The Morgan fingerprint density at radius 1 is 1.27 bits per heavy atom. The summed E-state index contributed by atoms with van der Waals surface area (Å²) >= 11 is 0. The molecule has 0 saturated heterocycles. The number of likely N-dealkylation sites (N-methyl/N-ethyl adjacent to an activating group) is 1. The molecule has 0 unspecified atom stereocenters. The van der Waals surface area contributed by atoms with Crippen LogP contribution in [-0.4, -0.2) is 23.0 Å². The number of rotatable bonds is 4. The Bertz CT molecular complexity index is 676. The Hall–Kier alpha value is -2.13. The van der Waals surface area contributed by atoms with E-state index in [-0.39, 0.29) is 0 Å². The zero-order chi connectivity index (χ0) is 15.4. The molecular formula is C19H23N3. The smallest absolute Gasteiger partial charge is 0.0383 e. The molecule has 1 aliphatic rings. The summed E-state index contributed by atoms with van der Waals surface area (Å²) in [5, 5.41) is 3.38. The second kappa shape index (κ2) is 6.75. The van der Waals surface area contributed by atoms with E-state index < -0.39 is 0 Å². The van der Waals surface area contributed by atoms with Crippen LogP contribution in [0.4, 0.5) is 5.69 Å². The van der Waals surface area contributed by atoms with Gasteiger partial charge in [-0.15, -0.1) is 0 Å². The fraction of sp³-hybridized carbons (Fsp3) is 0.316. The third-order valence-electron chi connectivity index (χ3n) is 4.34. The van der Waals surface area contributed by atoms with Gasteiger partial charge >= 0.3 is 0 Å². The average Bonchev–Trinajstić information content (AvgIpc) is 2.56.